The Morgan fingerprint density at radius 1 is 1.25 bits per heavy atom. The molecule has 1 aliphatic rings. The quantitative estimate of drug-likeness (QED) is 0.693. The highest BCUT2D eigenvalue weighted by atomic mass is 32.2. The van der Waals surface area contributed by atoms with Crippen LogP contribution in [0, 0.1) is 0 Å². The van der Waals surface area contributed by atoms with E-state index in [2.05, 4.69) is 42.7 Å². The maximum absolute atomic E-state index is 3.55. The minimum absolute atomic E-state index is 0.746. The molecule has 0 aliphatic carbocycles. The van der Waals surface area contributed by atoms with Crippen molar-refractivity contribution in [3.63, 3.8) is 0 Å². The Morgan fingerprint density at radius 2 is 2.06 bits per heavy atom. The van der Waals surface area contributed by atoms with E-state index in [-0.39, 0.29) is 0 Å². The third-order valence-corrected chi connectivity index (χ3v) is 4.89. The molecule has 0 saturated carbocycles. The van der Waals surface area contributed by atoms with Crippen LogP contribution in [0.3, 0.4) is 0 Å². The van der Waals surface area contributed by atoms with Crippen molar-refractivity contribution in [1.29, 1.82) is 0 Å². The van der Waals surface area contributed by atoms with Crippen LogP contribution in [-0.2, 0) is 0 Å². The standard InChI is InChI=1S/C13H28N2S/c1-4-5-6-7-14-8-9-15-10-11-16-13(3)12(15)2/h12-14H,4-11H2,1-3H3. The third-order valence-electron chi connectivity index (χ3n) is 3.55. The SMILES string of the molecule is CCCCCNCCN1CCSC(C)C1C. The number of rotatable bonds is 7. The third kappa shape index (κ3) is 5.07. The van der Waals surface area contributed by atoms with Crippen LogP contribution in [-0.4, -0.2) is 48.1 Å². The van der Waals surface area contributed by atoms with Gasteiger partial charge in [0.1, 0.15) is 0 Å². The van der Waals surface area contributed by atoms with Gasteiger partial charge < -0.3 is 5.32 Å². The molecule has 0 aromatic heterocycles. The highest BCUT2D eigenvalue weighted by molar-refractivity contribution is 8.00. The summed E-state index contributed by atoms with van der Waals surface area (Å²) in [6, 6.07) is 0.746. The molecule has 2 atom stereocenters. The predicted molar refractivity (Wildman–Crippen MR) is 75.3 cm³/mol. The molecule has 3 heteroatoms. The molecule has 0 aromatic carbocycles. The lowest BCUT2D eigenvalue weighted by Gasteiger charge is -2.37. The van der Waals surface area contributed by atoms with Gasteiger partial charge in [-0.25, -0.2) is 0 Å². The van der Waals surface area contributed by atoms with Gasteiger partial charge >= 0.3 is 0 Å². The van der Waals surface area contributed by atoms with Crippen LogP contribution in [0.5, 0.6) is 0 Å². The largest absolute Gasteiger partial charge is 0.315 e. The molecule has 1 fully saturated rings. The van der Waals surface area contributed by atoms with E-state index in [0.29, 0.717) is 0 Å². The lowest BCUT2D eigenvalue weighted by molar-refractivity contribution is 0.213. The van der Waals surface area contributed by atoms with E-state index in [1.807, 2.05) is 0 Å². The second-order valence-electron chi connectivity index (χ2n) is 4.81. The van der Waals surface area contributed by atoms with Crippen LogP contribution in [0.15, 0.2) is 0 Å². The van der Waals surface area contributed by atoms with Crippen molar-refractivity contribution >= 4 is 11.8 Å². The van der Waals surface area contributed by atoms with Crippen LogP contribution >= 0.6 is 11.8 Å². The van der Waals surface area contributed by atoms with Crippen LogP contribution in [0.25, 0.3) is 0 Å². The van der Waals surface area contributed by atoms with Gasteiger partial charge in [0, 0.05) is 36.7 Å². The number of nitrogens with one attached hydrogen (secondary N) is 1. The predicted octanol–water partition coefficient (Wildman–Crippen LogP) is 2.59. The van der Waals surface area contributed by atoms with E-state index in [0.717, 1.165) is 17.8 Å². The fourth-order valence-corrected chi connectivity index (χ4v) is 3.32. The first kappa shape index (κ1) is 14.3. The Balaban J connectivity index is 2.03. The topological polar surface area (TPSA) is 15.3 Å². The molecule has 1 N–H and O–H groups in total. The van der Waals surface area contributed by atoms with Crippen LogP contribution < -0.4 is 5.32 Å². The number of unbranched alkanes of at least 4 members (excludes halogenated alkanes) is 2. The van der Waals surface area contributed by atoms with Gasteiger partial charge in [-0.15, -0.1) is 0 Å². The summed E-state index contributed by atoms with van der Waals surface area (Å²) in [5.41, 5.74) is 0. The molecule has 1 saturated heterocycles. The average molecular weight is 244 g/mol. The zero-order chi connectivity index (χ0) is 11.8. The van der Waals surface area contributed by atoms with Gasteiger partial charge in [0.05, 0.1) is 0 Å². The van der Waals surface area contributed by atoms with Gasteiger partial charge in [-0.2, -0.15) is 11.8 Å². The highest BCUT2D eigenvalue weighted by Gasteiger charge is 2.24. The van der Waals surface area contributed by atoms with Gasteiger partial charge in [-0.3, -0.25) is 4.90 Å². The second-order valence-corrected chi connectivity index (χ2v) is 6.29. The smallest absolute Gasteiger partial charge is 0.0184 e. The zero-order valence-electron chi connectivity index (χ0n) is 11.2. The molecule has 96 valence electrons. The van der Waals surface area contributed by atoms with Crippen molar-refractivity contribution in [2.75, 3.05) is 31.9 Å². The summed E-state index contributed by atoms with van der Waals surface area (Å²) < 4.78 is 0. The van der Waals surface area contributed by atoms with Crippen molar-refractivity contribution in [3.8, 4) is 0 Å². The Bertz CT molecular complexity index is 175. The molecule has 2 unspecified atom stereocenters. The molecule has 0 bridgehead atoms. The first-order chi connectivity index (χ1) is 7.75. The van der Waals surface area contributed by atoms with Crippen LogP contribution in [0.4, 0.5) is 0 Å². The van der Waals surface area contributed by atoms with Gasteiger partial charge in [0.15, 0.2) is 0 Å². The van der Waals surface area contributed by atoms with E-state index >= 15 is 0 Å². The summed E-state index contributed by atoms with van der Waals surface area (Å²) in [5, 5.41) is 4.35. The molecule has 0 spiro atoms. The minimum Gasteiger partial charge on any atom is -0.315 e. The maximum Gasteiger partial charge on any atom is 0.0184 e. The van der Waals surface area contributed by atoms with Crippen LogP contribution in [0.2, 0.25) is 0 Å². The Labute approximate surface area is 106 Å². The second kappa shape index (κ2) is 8.37. The van der Waals surface area contributed by atoms with E-state index in [4.69, 9.17) is 0 Å². The Morgan fingerprint density at radius 3 is 2.81 bits per heavy atom. The van der Waals surface area contributed by atoms with Crippen molar-refractivity contribution in [1.82, 2.24) is 10.2 Å². The van der Waals surface area contributed by atoms with Crippen molar-refractivity contribution in [3.05, 3.63) is 0 Å². The molecule has 1 rings (SSSR count). The molecule has 0 radical (unpaired) electrons. The summed E-state index contributed by atoms with van der Waals surface area (Å²) in [7, 11) is 0. The summed E-state index contributed by atoms with van der Waals surface area (Å²) in [6.45, 7) is 11.8. The van der Waals surface area contributed by atoms with Gasteiger partial charge in [0.25, 0.3) is 0 Å². The molecule has 1 heterocycles. The van der Waals surface area contributed by atoms with Crippen molar-refractivity contribution < 1.29 is 0 Å². The highest BCUT2D eigenvalue weighted by Crippen LogP contribution is 2.23. The maximum atomic E-state index is 3.55. The van der Waals surface area contributed by atoms with Crippen molar-refractivity contribution in [2.24, 2.45) is 0 Å². The number of thioether (sulfide) groups is 1. The summed E-state index contributed by atoms with van der Waals surface area (Å²) in [4.78, 5) is 2.63. The molecule has 0 aromatic rings. The summed E-state index contributed by atoms with van der Waals surface area (Å²) in [5.74, 6) is 1.31. The van der Waals surface area contributed by atoms with E-state index in [1.165, 1.54) is 44.6 Å². The van der Waals surface area contributed by atoms with E-state index in [1.54, 1.807) is 0 Å². The molecule has 2 nitrogen and oxygen atoms in total. The fourth-order valence-electron chi connectivity index (χ4n) is 2.16. The van der Waals surface area contributed by atoms with E-state index < -0.39 is 0 Å². The number of hydrogen-bond donors (Lipinski definition) is 1. The normalized spacial score (nSPS) is 27.2. The molecular weight excluding hydrogens is 216 g/mol. The lowest BCUT2D eigenvalue weighted by atomic mass is 10.2. The number of hydrogen-bond acceptors (Lipinski definition) is 3. The molecule has 1 aliphatic heterocycles. The average Bonchev–Trinajstić information content (AvgIpc) is 2.29. The van der Waals surface area contributed by atoms with Crippen LogP contribution in [0.1, 0.15) is 40.0 Å². The van der Waals surface area contributed by atoms with Gasteiger partial charge in [0.2, 0.25) is 0 Å². The van der Waals surface area contributed by atoms with E-state index in [9.17, 15) is 0 Å². The first-order valence-electron chi connectivity index (χ1n) is 6.82. The molecule has 0 amide bonds. The summed E-state index contributed by atoms with van der Waals surface area (Å²) in [6.07, 6.45) is 4.01. The monoisotopic (exact) mass is 244 g/mol. The van der Waals surface area contributed by atoms with Crippen molar-refractivity contribution in [2.45, 2.75) is 51.3 Å². The first-order valence-corrected chi connectivity index (χ1v) is 7.87. The number of nitrogens with zero attached hydrogens (tertiary/aromatic N) is 1. The Kier molecular flexibility index (Phi) is 7.50. The minimum atomic E-state index is 0.746. The fraction of sp³-hybridized carbons (Fsp3) is 1.00. The zero-order valence-corrected chi connectivity index (χ0v) is 12.0. The molecular formula is C13H28N2S. The molecule has 16 heavy (non-hydrogen) atoms. The van der Waals surface area contributed by atoms with Gasteiger partial charge in [-0.05, 0) is 19.9 Å². The Hall–Kier alpha value is 0.270. The lowest BCUT2D eigenvalue weighted by Crippen LogP contribution is -2.47. The summed E-state index contributed by atoms with van der Waals surface area (Å²) >= 11 is 2.12. The van der Waals surface area contributed by atoms with Gasteiger partial charge in [-0.1, -0.05) is 26.7 Å².